The van der Waals surface area contributed by atoms with Crippen molar-refractivity contribution in [1.82, 2.24) is 4.98 Å². The van der Waals surface area contributed by atoms with Crippen molar-refractivity contribution in [2.75, 3.05) is 5.32 Å². The number of pyridine rings is 1. The Bertz CT molecular complexity index is 1210. The first-order chi connectivity index (χ1) is 13.6. The number of nitrogens with one attached hydrogen (secondary N) is 2. The first-order valence-electron chi connectivity index (χ1n) is 9.27. The van der Waals surface area contributed by atoms with Gasteiger partial charge in [-0.25, -0.2) is 0 Å². The Morgan fingerprint density at radius 2 is 1.64 bits per heavy atom. The molecule has 4 nitrogen and oxygen atoms in total. The van der Waals surface area contributed by atoms with Crippen LogP contribution in [0.15, 0.2) is 83.7 Å². The number of rotatable bonds is 4. The van der Waals surface area contributed by atoms with Gasteiger partial charge in [0.25, 0.3) is 11.5 Å². The van der Waals surface area contributed by atoms with Crippen LogP contribution in [0.1, 0.15) is 22.8 Å². The van der Waals surface area contributed by atoms with Crippen LogP contribution in [0.3, 0.4) is 0 Å². The Kier molecular flexibility index (Phi) is 4.77. The van der Waals surface area contributed by atoms with E-state index in [1.54, 1.807) is 12.1 Å². The maximum atomic E-state index is 12.5. The van der Waals surface area contributed by atoms with Crippen LogP contribution in [-0.4, -0.2) is 10.9 Å². The van der Waals surface area contributed by atoms with Gasteiger partial charge in [0.1, 0.15) is 5.56 Å². The zero-order valence-electron chi connectivity index (χ0n) is 15.5. The summed E-state index contributed by atoms with van der Waals surface area (Å²) in [5, 5.41) is 5.01. The van der Waals surface area contributed by atoms with Crippen LogP contribution in [0, 0.1) is 0 Å². The Labute approximate surface area is 162 Å². The van der Waals surface area contributed by atoms with Gasteiger partial charge in [0.2, 0.25) is 0 Å². The fraction of sp³-hybridized carbons (Fsp3) is 0.0833. The number of aromatic amines is 1. The average molecular weight is 368 g/mol. The van der Waals surface area contributed by atoms with E-state index in [0.717, 1.165) is 22.8 Å². The van der Waals surface area contributed by atoms with Crippen LogP contribution in [0.25, 0.3) is 22.0 Å². The molecule has 0 atom stereocenters. The van der Waals surface area contributed by atoms with Crippen molar-refractivity contribution in [3.8, 4) is 11.3 Å². The monoisotopic (exact) mass is 368 g/mol. The number of carbonyl (C=O) groups excluding carboxylic acids is 1. The number of hydrogen-bond acceptors (Lipinski definition) is 2. The quantitative estimate of drug-likeness (QED) is 0.532. The molecule has 4 heteroatoms. The zero-order chi connectivity index (χ0) is 19.5. The van der Waals surface area contributed by atoms with Gasteiger partial charge in [0.15, 0.2) is 0 Å². The minimum Gasteiger partial charge on any atom is -0.322 e. The molecule has 1 amide bonds. The van der Waals surface area contributed by atoms with Gasteiger partial charge >= 0.3 is 0 Å². The summed E-state index contributed by atoms with van der Waals surface area (Å²) in [6.07, 6.45) is 0.935. The van der Waals surface area contributed by atoms with E-state index in [0.29, 0.717) is 11.4 Å². The van der Waals surface area contributed by atoms with E-state index >= 15 is 0 Å². The number of H-pyrrole nitrogens is 1. The van der Waals surface area contributed by atoms with Gasteiger partial charge in [-0.3, -0.25) is 9.59 Å². The fourth-order valence-corrected chi connectivity index (χ4v) is 3.20. The maximum absolute atomic E-state index is 12.5. The van der Waals surface area contributed by atoms with Crippen molar-refractivity contribution in [1.29, 1.82) is 0 Å². The normalized spacial score (nSPS) is 10.8. The molecule has 0 aliphatic heterocycles. The summed E-state index contributed by atoms with van der Waals surface area (Å²) >= 11 is 0. The number of benzene rings is 3. The van der Waals surface area contributed by atoms with Crippen molar-refractivity contribution in [2.24, 2.45) is 0 Å². The molecule has 0 unspecified atom stereocenters. The summed E-state index contributed by atoms with van der Waals surface area (Å²) in [5.41, 5.74) is 3.12. The van der Waals surface area contributed by atoms with E-state index in [9.17, 15) is 9.59 Å². The van der Waals surface area contributed by atoms with Gasteiger partial charge in [0.05, 0.1) is 0 Å². The largest absolute Gasteiger partial charge is 0.322 e. The molecule has 4 rings (SSSR count). The van der Waals surface area contributed by atoms with E-state index in [1.165, 1.54) is 5.56 Å². The summed E-state index contributed by atoms with van der Waals surface area (Å²) < 4.78 is 0. The molecular weight excluding hydrogens is 348 g/mol. The van der Waals surface area contributed by atoms with Gasteiger partial charge in [-0.2, -0.15) is 0 Å². The molecule has 0 spiro atoms. The molecule has 1 aromatic heterocycles. The lowest BCUT2D eigenvalue weighted by atomic mass is 10.0. The molecule has 138 valence electrons. The minimum atomic E-state index is -0.421. The summed E-state index contributed by atoms with van der Waals surface area (Å²) in [7, 11) is 0. The van der Waals surface area contributed by atoms with Gasteiger partial charge in [-0.15, -0.1) is 0 Å². The Hall–Kier alpha value is -3.66. The van der Waals surface area contributed by atoms with Crippen LogP contribution in [-0.2, 0) is 6.42 Å². The van der Waals surface area contributed by atoms with Crippen molar-refractivity contribution in [3.05, 3.63) is 100 Å². The van der Waals surface area contributed by atoms with Crippen LogP contribution >= 0.6 is 0 Å². The number of aryl methyl sites for hydroxylation is 1. The molecule has 1 heterocycles. The molecule has 28 heavy (non-hydrogen) atoms. The molecular formula is C24H20N2O2. The second kappa shape index (κ2) is 7.53. The number of anilines is 1. The number of hydrogen-bond donors (Lipinski definition) is 2. The summed E-state index contributed by atoms with van der Waals surface area (Å²) in [6.45, 7) is 2.07. The number of aromatic nitrogens is 1. The second-order valence-electron chi connectivity index (χ2n) is 6.68. The lowest BCUT2D eigenvalue weighted by molar-refractivity contribution is 0.102. The highest BCUT2D eigenvalue weighted by Gasteiger charge is 2.12. The van der Waals surface area contributed by atoms with Gasteiger partial charge in [0, 0.05) is 11.4 Å². The van der Waals surface area contributed by atoms with Crippen LogP contribution in [0.4, 0.5) is 5.69 Å². The number of carbonyl (C=O) groups is 1. The zero-order valence-corrected chi connectivity index (χ0v) is 15.5. The van der Waals surface area contributed by atoms with Crippen molar-refractivity contribution in [3.63, 3.8) is 0 Å². The first kappa shape index (κ1) is 17.7. The van der Waals surface area contributed by atoms with Gasteiger partial charge in [-0.1, -0.05) is 55.5 Å². The third-order valence-corrected chi connectivity index (χ3v) is 4.83. The molecule has 0 radical (unpaired) electrons. The third-order valence-electron chi connectivity index (χ3n) is 4.83. The second-order valence-corrected chi connectivity index (χ2v) is 6.68. The predicted octanol–water partition coefficient (Wildman–Crippen LogP) is 5.01. The highest BCUT2D eigenvalue weighted by Crippen LogP contribution is 2.22. The average Bonchev–Trinajstić information content (AvgIpc) is 2.73. The summed E-state index contributed by atoms with van der Waals surface area (Å²) in [5.74, 6) is -0.421. The molecule has 0 bridgehead atoms. The van der Waals surface area contributed by atoms with E-state index in [-0.39, 0.29) is 5.56 Å². The standard InChI is InChI=1S/C24H20N2O2/c1-2-16-7-11-20(12-8-16)25-23(27)21-13-14-22(26-24(21)28)19-10-9-17-5-3-4-6-18(17)15-19/h3-15H,2H2,1H3,(H,25,27)(H,26,28). The molecule has 0 saturated carbocycles. The Balaban J connectivity index is 1.59. The van der Waals surface area contributed by atoms with E-state index in [4.69, 9.17) is 0 Å². The third kappa shape index (κ3) is 3.58. The molecule has 3 aromatic carbocycles. The molecule has 0 fully saturated rings. The van der Waals surface area contributed by atoms with Crippen LogP contribution < -0.4 is 10.9 Å². The maximum Gasteiger partial charge on any atom is 0.261 e. The first-order valence-corrected chi connectivity index (χ1v) is 9.27. The molecule has 0 aliphatic carbocycles. The highest BCUT2D eigenvalue weighted by atomic mass is 16.2. The predicted molar refractivity (Wildman–Crippen MR) is 114 cm³/mol. The highest BCUT2D eigenvalue weighted by molar-refractivity contribution is 6.04. The van der Waals surface area contributed by atoms with Crippen molar-refractivity contribution < 1.29 is 4.79 Å². The van der Waals surface area contributed by atoms with Crippen LogP contribution in [0.2, 0.25) is 0 Å². The smallest absolute Gasteiger partial charge is 0.261 e. The molecule has 0 aliphatic rings. The molecule has 2 N–H and O–H groups in total. The molecule has 4 aromatic rings. The van der Waals surface area contributed by atoms with Crippen LogP contribution in [0.5, 0.6) is 0 Å². The SMILES string of the molecule is CCc1ccc(NC(=O)c2ccc(-c3ccc4ccccc4c3)[nH]c2=O)cc1. The Morgan fingerprint density at radius 1 is 0.893 bits per heavy atom. The summed E-state index contributed by atoms with van der Waals surface area (Å²) in [6, 6.07) is 25.0. The lowest BCUT2D eigenvalue weighted by Gasteiger charge is -2.08. The van der Waals surface area contributed by atoms with Gasteiger partial charge < -0.3 is 10.3 Å². The van der Waals surface area contributed by atoms with E-state index in [2.05, 4.69) is 17.2 Å². The van der Waals surface area contributed by atoms with Crippen molar-refractivity contribution >= 4 is 22.4 Å². The minimum absolute atomic E-state index is 0.0871. The fourth-order valence-electron chi connectivity index (χ4n) is 3.20. The van der Waals surface area contributed by atoms with Gasteiger partial charge in [-0.05, 0) is 58.7 Å². The Morgan fingerprint density at radius 3 is 2.36 bits per heavy atom. The lowest BCUT2D eigenvalue weighted by Crippen LogP contribution is -2.23. The van der Waals surface area contributed by atoms with E-state index < -0.39 is 11.5 Å². The topological polar surface area (TPSA) is 62.0 Å². The van der Waals surface area contributed by atoms with Crippen molar-refractivity contribution in [2.45, 2.75) is 13.3 Å². The number of amides is 1. The molecule has 0 saturated heterocycles. The number of fused-ring (bicyclic) bond motifs is 1. The summed E-state index contributed by atoms with van der Waals surface area (Å²) in [4.78, 5) is 27.8. The van der Waals surface area contributed by atoms with E-state index in [1.807, 2.05) is 66.7 Å².